The van der Waals surface area contributed by atoms with Crippen LogP contribution >= 0.6 is 0 Å². The van der Waals surface area contributed by atoms with Crippen LogP contribution in [-0.4, -0.2) is 12.6 Å². The molecule has 3 aromatic carbocycles. The van der Waals surface area contributed by atoms with Gasteiger partial charge in [-0.25, -0.2) is 4.79 Å². The van der Waals surface area contributed by atoms with Gasteiger partial charge < -0.3 is 9.47 Å². The Bertz CT molecular complexity index is 1340. The van der Waals surface area contributed by atoms with E-state index in [2.05, 4.69) is 81.4 Å². The standard InChI is InChI=1S/C36H38O3/c1-5-9-10-26-38-36(39-35(37)8-4)34-24-19-30(20-25-34)18-22-33-23-21-31(27-32(33)7-3)17-16-29-14-12-28(11-6-2)13-15-29/h8,12-15,19-21,23-25,27,36H,4-7,9-11,26H2,1-3H3. The minimum Gasteiger partial charge on any atom is -0.428 e. The topological polar surface area (TPSA) is 35.5 Å². The van der Waals surface area contributed by atoms with E-state index in [1.807, 2.05) is 36.4 Å². The highest BCUT2D eigenvalue weighted by atomic mass is 16.7. The Labute approximate surface area is 234 Å². The first-order valence-electron chi connectivity index (χ1n) is 13.9. The lowest BCUT2D eigenvalue weighted by Crippen LogP contribution is -2.13. The molecule has 200 valence electrons. The van der Waals surface area contributed by atoms with E-state index in [9.17, 15) is 4.79 Å². The van der Waals surface area contributed by atoms with E-state index in [0.29, 0.717) is 6.61 Å². The summed E-state index contributed by atoms with van der Waals surface area (Å²) in [5.41, 5.74) is 7.15. The van der Waals surface area contributed by atoms with E-state index in [4.69, 9.17) is 9.47 Å². The van der Waals surface area contributed by atoms with Gasteiger partial charge in [0.25, 0.3) is 0 Å². The summed E-state index contributed by atoms with van der Waals surface area (Å²) in [5, 5.41) is 0. The first kappa shape index (κ1) is 29.5. The van der Waals surface area contributed by atoms with E-state index in [1.54, 1.807) is 0 Å². The van der Waals surface area contributed by atoms with Gasteiger partial charge in [0.2, 0.25) is 6.29 Å². The second-order valence-corrected chi connectivity index (χ2v) is 9.35. The minimum atomic E-state index is -0.760. The summed E-state index contributed by atoms with van der Waals surface area (Å²) in [6.07, 6.45) is 6.58. The highest BCUT2D eigenvalue weighted by Gasteiger charge is 2.15. The maximum Gasteiger partial charge on any atom is 0.332 e. The summed E-state index contributed by atoms with van der Waals surface area (Å²) in [6, 6.07) is 22.3. The van der Waals surface area contributed by atoms with Crippen LogP contribution in [0.4, 0.5) is 0 Å². The van der Waals surface area contributed by atoms with Crippen molar-refractivity contribution in [1.82, 2.24) is 0 Å². The van der Waals surface area contributed by atoms with E-state index in [0.717, 1.165) is 72.4 Å². The van der Waals surface area contributed by atoms with Crippen LogP contribution < -0.4 is 0 Å². The zero-order chi connectivity index (χ0) is 27.9. The third-order valence-electron chi connectivity index (χ3n) is 6.26. The molecule has 3 heteroatoms. The molecular weight excluding hydrogens is 480 g/mol. The zero-order valence-corrected chi connectivity index (χ0v) is 23.4. The Kier molecular flexibility index (Phi) is 12.1. The van der Waals surface area contributed by atoms with Crippen molar-refractivity contribution in [3.8, 4) is 23.7 Å². The number of ether oxygens (including phenoxy) is 2. The molecule has 0 N–H and O–H groups in total. The quantitative estimate of drug-likeness (QED) is 0.0850. The molecule has 39 heavy (non-hydrogen) atoms. The van der Waals surface area contributed by atoms with Gasteiger partial charge in [0.1, 0.15) is 0 Å². The average molecular weight is 519 g/mol. The molecule has 3 aromatic rings. The molecule has 1 atom stereocenters. The molecule has 0 bridgehead atoms. The lowest BCUT2D eigenvalue weighted by atomic mass is 10.0. The molecule has 0 saturated carbocycles. The Morgan fingerprint density at radius 2 is 1.46 bits per heavy atom. The molecule has 0 saturated heterocycles. The van der Waals surface area contributed by atoms with Crippen molar-refractivity contribution in [2.24, 2.45) is 0 Å². The minimum absolute atomic E-state index is 0.510. The van der Waals surface area contributed by atoms with Gasteiger partial charge in [-0.1, -0.05) is 94.6 Å². The number of aryl methyl sites for hydroxylation is 2. The van der Waals surface area contributed by atoms with Crippen LogP contribution in [0.2, 0.25) is 0 Å². The van der Waals surface area contributed by atoms with Crippen molar-refractivity contribution >= 4 is 5.97 Å². The monoisotopic (exact) mass is 518 g/mol. The Morgan fingerprint density at radius 1 is 0.821 bits per heavy atom. The van der Waals surface area contributed by atoms with Gasteiger partial charge in [-0.15, -0.1) is 0 Å². The van der Waals surface area contributed by atoms with Crippen molar-refractivity contribution in [3.05, 3.63) is 118 Å². The summed E-state index contributed by atoms with van der Waals surface area (Å²) in [7, 11) is 0. The van der Waals surface area contributed by atoms with Gasteiger partial charge in [0.05, 0.1) is 6.61 Å². The van der Waals surface area contributed by atoms with Crippen molar-refractivity contribution in [2.45, 2.75) is 65.6 Å². The Morgan fingerprint density at radius 3 is 2.10 bits per heavy atom. The highest BCUT2D eigenvalue weighted by Crippen LogP contribution is 2.21. The number of unbranched alkanes of at least 4 members (excludes halogenated alkanes) is 2. The van der Waals surface area contributed by atoms with Crippen LogP contribution in [0.25, 0.3) is 0 Å². The number of hydrogen-bond donors (Lipinski definition) is 0. The molecule has 0 aromatic heterocycles. The number of rotatable bonds is 11. The van der Waals surface area contributed by atoms with Crippen LogP contribution in [0.5, 0.6) is 0 Å². The highest BCUT2D eigenvalue weighted by molar-refractivity contribution is 5.81. The van der Waals surface area contributed by atoms with E-state index < -0.39 is 12.3 Å². The van der Waals surface area contributed by atoms with E-state index in [1.165, 1.54) is 11.1 Å². The third-order valence-corrected chi connectivity index (χ3v) is 6.26. The molecule has 3 rings (SSSR count). The van der Waals surface area contributed by atoms with Crippen molar-refractivity contribution in [3.63, 3.8) is 0 Å². The smallest absolute Gasteiger partial charge is 0.332 e. The SMILES string of the molecule is C=CC(=O)OC(OCCCCC)c1ccc(C#Cc2ccc(C#Cc3ccc(CCC)cc3)cc2CC)cc1. The third kappa shape index (κ3) is 9.64. The molecular formula is C36H38O3. The summed E-state index contributed by atoms with van der Waals surface area (Å²) < 4.78 is 11.3. The Hall–Kier alpha value is -4.05. The maximum atomic E-state index is 11.8. The van der Waals surface area contributed by atoms with Crippen molar-refractivity contribution in [2.75, 3.05) is 6.61 Å². The molecule has 0 aliphatic carbocycles. The fourth-order valence-electron chi connectivity index (χ4n) is 4.03. The first-order chi connectivity index (χ1) is 19.1. The maximum absolute atomic E-state index is 11.8. The fraction of sp³-hybridized carbons (Fsp3) is 0.306. The van der Waals surface area contributed by atoms with Gasteiger partial charge in [-0.2, -0.15) is 0 Å². The molecule has 0 aliphatic rings. The molecule has 1 unspecified atom stereocenters. The number of benzene rings is 3. The van der Waals surface area contributed by atoms with Crippen molar-refractivity contribution in [1.29, 1.82) is 0 Å². The van der Waals surface area contributed by atoms with Gasteiger partial charge in [-0.05, 0) is 72.9 Å². The largest absolute Gasteiger partial charge is 0.428 e. The average Bonchev–Trinajstić information content (AvgIpc) is 2.97. The first-order valence-corrected chi connectivity index (χ1v) is 13.9. The lowest BCUT2D eigenvalue weighted by Gasteiger charge is -2.18. The lowest BCUT2D eigenvalue weighted by molar-refractivity contribution is -0.175. The number of carbonyl (C=O) groups is 1. The normalized spacial score (nSPS) is 10.9. The predicted octanol–water partition coefficient (Wildman–Crippen LogP) is 7.94. The van der Waals surface area contributed by atoms with Crippen LogP contribution in [0.3, 0.4) is 0 Å². The van der Waals surface area contributed by atoms with Gasteiger partial charge in [-0.3, -0.25) is 0 Å². The van der Waals surface area contributed by atoms with E-state index in [-0.39, 0.29) is 0 Å². The number of hydrogen-bond acceptors (Lipinski definition) is 3. The van der Waals surface area contributed by atoms with Crippen LogP contribution in [0.1, 0.15) is 91.7 Å². The Balaban J connectivity index is 1.71. The van der Waals surface area contributed by atoms with Gasteiger partial charge >= 0.3 is 5.97 Å². The molecule has 0 aliphatic heterocycles. The fourth-order valence-corrected chi connectivity index (χ4v) is 4.03. The second kappa shape index (κ2) is 16.0. The van der Waals surface area contributed by atoms with Crippen LogP contribution in [-0.2, 0) is 27.1 Å². The molecule has 0 fully saturated rings. The molecule has 0 amide bonds. The summed E-state index contributed by atoms with van der Waals surface area (Å²) in [4.78, 5) is 11.8. The van der Waals surface area contributed by atoms with Gasteiger partial charge in [0.15, 0.2) is 0 Å². The molecule has 0 spiro atoms. The van der Waals surface area contributed by atoms with Crippen LogP contribution in [0, 0.1) is 23.7 Å². The summed E-state index contributed by atoms with van der Waals surface area (Å²) in [5.74, 6) is 12.6. The molecule has 3 nitrogen and oxygen atoms in total. The summed E-state index contributed by atoms with van der Waals surface area (Å²) in [6.45, 7) is 10.5. The molecule has 0 heterocycles. The van der Waals surface area contributed by atoms with Crippen molar-refractivity contribution < 1.29 is 14.3 Å². The zero-order valence-electron chi connectivity index (χ0n) is 23.4. The number of carbonyl (C=O) groups excluding carboxylic acids is 1. The number of esters is 1. The van der Waals surface area contributed by atoms with E-state index >= 15 is 0 Å². The van der Waals surface area contributed by atoms with Crippen LogP contribution in [0.15, 0.2) is 79.4 Å². The molecule has 0 radical (unpaired) electrons. The van der Waals surface area contributed by atoms with Gasteiger partial charge in [0, 0.05) is 33.9 Å². The predicted molar refractivity (Wildman–Crippen MR) is 159 cm³/mol. The second-order valence-electron chi connectivity index (χ2n) is 9.35. The summed E-state index contributed by atoms with van der Waals surface area (Å²) >= 11 is 0.